The van der Waals surface area contributed by atoms with Crippen molar-refractivity contribution in [1.29, 1.82) is 0 Å². The molecule has 2 rings (SSSR count). The molecule has 0 radical (unpaired) electrons. The summed E-state index contributed by atoms with van der Waals surface area (Å²) in [6, 6.07) is 10.1. The number of para-hydroxylation sites is 1. The SMILES string of the molecule is CN=C(NCCOC)NCc1ccccc1-n1cccn1. The van der Waals surface area contributed by atoms with Crippen LogP contribution in [-0.4, -0.2) is 43.0 Å². The minimum absolute atomic E-state index is 0.643. The van der Waals surface area contributed by atoms with Crippen molar-refractivity contribution in [3.63, 3.8) is 0 Å². The highest BCUT2D eigenvalue weighted by Crippen LogP contribution is 2.12. The van der Waals surface area contributed by atoms with Crippen LogP contribution >= 0.6 is 0 Å². The van der Waals surface area contributed by atoms with Gasteiger partial charge in [-0.1, -0.05) is 18.2 Å². The monoisotopic (exact) mass is 287 g/mol. The molecule has 0 amide bonds. The maximum absolute atomic E-state index is 5.01. The molecule has 0 atom stereocenters. The molecule has 6 nitrogen and oxygen atoms in total. The van der Waals surface area contributed by atoms with Gasteiger partial charge in [-0.05, 0) is 17.7 Å². The van der Waals surface area contributed by atoms with Crippen LogP contribution in [0.4, 0.5) is 0 Å². The van der Waals surface area contributed by atoms with Gasteiger partial charge in [0, 0.05) is 39.6 Å². The lowest BCUT2D eigenvalue weighted by molar-refractivity contribution is 0.203. The van der Waals surface area contributed by atoms with E-state index in [4.69, 9.17) is 4.74 Å². The van der Waals surface area contributed by atoms with Crippen LogP contribution in [0.15, 0.2) is 47.7 Å². The molecule has 6 heteroatoms. The fourth-order valence-electron chi connectivity index (χ4n) is 1.97. The molecule has 0 aliphatic rings. The highest BCUT2D eigenvalue weighted by molar-refractivity contribution is 5.79. The van der Waals surface area contributed by atoms with E-state index in [0.29, 0.717) is 13.2 Å². The average molecular weight is 287 g/mol. The van der Waals surface area contributed by atoms with Crippen molar-refractivity contribution in [2.75, 3.05) is 27.3 Å². The van der Waals surface area contributed by atoms with E-state index < -0.39 is 0 Å². The van der Waals surface area contributed by atoms with Crippen molar-refractivity contribution in [1.82, 2.24) is 20.4 Å². The van der Waals surface area contributed by atoms with Crippen LogP contribution in [0.1, 0.15) is 5.56 Å². The normalized spacial score (nSPS) is 11.4. The van der Waals surface area contributed by atoms with E-state index >= 15 is 0 Å². The van der Waals surface area contributed by atoms with Crippen LogP contribution in [0.5, 0.6) is 0 Å². The molecular weight excluding hydrogens is 266 g/mol. The Morgan fingerprint density at radius 1 is 1.29 bits per heavy atom. The standard InChI is InChI=1S/C15H21N5O/c1-16-15(17-9-11-21-2)18-12-13-6-3-4-7-14(13)20-10-5-8-19-20/h3-8,10H,9,11-12H2,1-2H3,(H2,16,17,18). The van der Waals surface area contributed by atoms with Gasteiger partial charge in [-0.2, -0.15) is 5.10 Å². The summed E-state index contributed by atoms with van der Waals surface area (Å²) in [4.78, 5) is 4.18. The van der Waals surface area contributed by atoms with E-state index in [2.05, 4.69) is 26.8 Å². The minimum Gasteiger partial charge on any atom is -0.383 e. The van der Waals surface area contributed by atoms with Gasteiger partial charge in [-0.3, -0.25) is 4.99 Å². The number of rotatable bonds is 6. The van der Waals surface area contributed by atoms with Gasteiger partial charge in [0.25, 0.3) is 0 Å². The molecule has 1 aromatic heterocycles. The fraction of sp³-hybridized carbons (Fsp3) is 0.333. The third-order valence-electron chi connectivity index (χ3n) is 3.01. The second-order valence-corrected chi connectivity index (χ2v) is 4.42. The van der Waals surface area contributed by atoms with Crippen LogP contribution in [0.3, 0.4) is 0 Å². The highest BCUT2D eigenvalue weighted by atomic mass is 16.5. The summed E-state index contributed by atoms with van der Waals surface area (Å²) < 4.78 is 6.87. The van der Waals surface area contributed by atoms with Crippen LogP contribution in [0.25, 0.3) is 5.69 Å². The first-order valence-corrected chi connectivity index (χ1v) is 6.86. The van der Waals surface area contributed by atoms with Crippen molar-refractivity contribution in [2.45, 2.75) is 6.54 Å². The number of hydrogen-bond donors (Lipinski definition) is 2. The van der Waals surface area contributed by atoms with Gasteiger partial charge >= 0.3 is 0 Å². The van der Waals surface area contributed by atoms with Gasteiger partial charge < -0.3 is 15.4 Å². The number of aliphatic imine (C=N–C) groups is 1. The predicted octanol–water partition coefficient (Wildman–Crippen LogP) is 1.18. The number of nitrogens with zero attached hydrogens (tertiary/aromatic N) is 3. The van der Waals surface area contributed by atoms with E-state index in [1.54, 1.807) is 20.4 Å². The largest absolute Gasteiger partial charge is 0.383 e. The van der Waals surface area contributed by atoms with Crippen LogP contribution in [-0.2, 0) is 11.3 Å². The van der Waals surface area contributed by atoms with Gasteiger partial charge in [0.2, 0.25) is 0 Å². The van der Waals surface area contributed by atoms with Crippen molar-refractivity contribution < 1.29 is 4.74 Å². The summed E-state index contributed by atoms with van der Waals surface area (Å²) in [6.45, 7) is 2.03. The topological polar surface area (TPSA) is 63.5 Å². The van der Waals surface area contributed by atoms with E-state index in [1.165, 1.54) is 0 Å². The van der Waals surface area contributed by atoms with E-state index in [9.17, 15) is 0 Å². The molecule has 2 aromatic rings. The second kappa shape index (κ2) is 8.06. The zero-order valence-corrected chi connectivity index (χ0v) is 12.4. The van der Waals surface area contributed by atoms with Crippen LogP contribution in [0.2, 0.25) is 0 Å². The summed E-state index contributed by atoms with van der Waals surface area (Å²) in [5, 5.41) is 10.8. The molecule has 2 N–H and O–H groups in total. The minimum atomic E-state index is 0.643. The Bertz CT molecular complexity index is 565. The smallest absolute Gasteiger partial charge is 0.191 e. The number of ether oxygens (including phenoxy) is 1. The maximum atomic E-state index is 5.01. The van der Waals surface area contributed by atoms with E-state index in [1.807, 2.05) is 35.1 Å². The molecule has 0 aliphatic heterocycles. The first-order valence-electron chi connectivity index (χ1n) is 6.86. The Morgan fingerprint density at radius 3 is 2.86 bits per heavy atom. The van der Waals surface area contributed by atoms with Gasteiger partial charge in [-0.15, -0.1) is 0 Å². The van der Waals surface area contributed by atoms with Crippen LogP contribution < -0.4 is 10.6 Å². The average Bonchev–Trinajstić information content (AvgIpc) is 3.05. The first kappa shape index (κ1) is 15.1. The number of aromatic nitrogens is 2. The van der Waals surface area contributed by atoms with Gasteiger partial charge in [0.15, 0.2) is 5.96 Å². The van der Waals surface area contributed by atoms with Crippen molar-refractivity contribution >= 4 is 5.96 Å². The Kier molecular flexibility index (Phi) is 5.78. The number of guanidine groups is 1. The molecule has 0 saturated heterocycles. The van der Waals surface area contributed by atoms with Crippen molar-refractivity contribution in [3.8, 4) is 5.69 Å². The molecule has 112 valence electrons. The van der Waals surface area contributed by atoms with Crippen molar-refractivity contribution in [3.05, 3.63) is 48.3 Å². The van der Waals surface area contributed by atoms with Crippen LogP contribution in [0, 0.1) is 0 Å². The number of benzene rings is 1. The Balaban J connectivity index is 2.00. The molecule has 0 unspecified atom stereocenters. The second-order valence-electron chi connectivity index (χ2n) is 4.42. The lowest BCUT2D eigenvalue weighted by Crippen LogP contribution is -2.38. The molecule has 21 heavy (non-hydrogen) atoms. The summed E-state index contributed by atoms with van der Waals surface area (Å²) in [7, 11) is 3.43. The summed E-state index contributed by atoms with van der Waals surface area (Å²) >= 11 is 0. The quantitative estimate of drug-likeness (QED) is 0.476. The van der Waals surface area contributed by atoms with E-state index in [0.717, 1.165) is 23.8 Å². The van der Waals surface area contributed by atoms with Gasteiger partial charge in [0.05, 0.1) is 12.3 Å². The maximum Gasteiger partial charge on any atom is 0.191 e. The number of nitrogens with one attached hydrogen (secondary N) is 2. The molecule has 1 aromatic carbocycles. The molecule has 0 spiro atoms. The van der Waals surface area contributed by atoms with Gasteiger partial charge in [-0.25, -0.2) is 4.68 Å². The third-order valence-corrected chi connectivity index (χ3v) is 3.01. The molecule has 0 bridgehead atoms. The zero-order chi connectivity index (χ0) is 14.9. The number of methoxy groups -OCH3 is 1. The zero-order valence-electron chi connectivity index (χ0n) is 12.4. The fourth-order valence-corrected chi connectivity index (χ4v) is 1.97. The summed E-state index contributed by atoms with van der Waals surface area (Å²) in [5.74, 6) is 0.752. The van der Waals surface area contributed by atoms with Crippen molar-refractivity contribution in [2.24, 2.45) is 4.99 Å². The highest BCUT2D eigenvalue weighted by Gasteiger charge is 2.05. The summed E-state index contributed by atoms with van der Waals surface area (Å²) in [6.07, 6.45) is 3.71. The Morgan fingerprint density at radius 2 is 2.14 bits per heavy atom. The predicted molar refractivity (Wildman–Crippen MR) is 83.6 cm³/mol. The van der Waals surface area contributed by atoms with E-state index in [-0.39, 0.29) is 0 Å². The molecule has 0 aliphatic carbocycles. The molecule has 0 saturated carbocycles. The third kappa shape index (κ3) is 4.32. The molecule has 0 fully saturated rings. The Hall–Kier alpha value is -2.34. The first-order chi connectivity index (χ1) is 10.3. The molecular formula is C15H21N5O. The summed E-state index contributed by atoms with van der Waals surface area (Å²) in [5.41, 5.74) is 2.21. The number of hydrogen-bond acceptors (Lipinski definition) is 3. The lowest BCUT2D eigenvalue weighted by atomic mass is 10.2. The molecule has 1 heterocycles. The lowest BCUT2D eigenvalue weighted by Gasteiger charge is -2.14. The Labute approximate surface area is 124 Å². The van der Waals surface area contributed by atoms with Gasteiger partial charge in [0.1, 0.15) is 0 Å².